The summed E-state index contributed by atoms with van der Waals surface area (Å²) in [5.74, 6) is 0.828. The van der Waals surface area contributed by atoms with Gasteiger partial charge < -0.3 is 9.72 Å². The fourth-order valence-corrected chi connectivity index (χ4v) is 2.74. The number of rotatable bonds is 5. The first-order valence-corrected chi connectivity index (χ1v) is 8.11. The van der Waals surface area contributed by atoms with E-state index in [-0.39, 0.29) is 0 Å². The molecule has 0 amide bonds. The third kappa shape index (κ3) is 3.43. The van der Waals surface area contributed by atoms with Gasteiger partial charge in [-0.1, -0.05) is 18.2 Å². The van der Waals surface area contributed by atoms with Crippen LogP contribution in [-0.2, 0) is 6.61 Å². The van der Waals surface area contributed by atoms with Crippen molar-refractivity contribution in [2.75, 3.05) is 0 Å². The van der Waals surface area contributed by atoms with Gasteiger partial charge in [0.05, 0.1) is 5.70 Å². The van der Waals surface area contributed by atoms with Crippen molar-refractivity contribution in [2.24, 2.45) is 4.99 Å². The third-order valence-corrected chi connectivity index (χ3v) is 3.95. The number of hydrogen-bond donors (Lipinski definition) is 1. The van der Waals surface area contributed by atoms with Gasteiger partial charge in [0, 0.05) is 41.6 Å². The molecule has 0 radical (unpaired) electrons. The number of pyridine rings is 1. The highest BCUT2D eigenvalue weighted by atomic mass is 16.5. The fourth-order valence-electron chi connectivity index (χ4n) is 2.74. The van der Waals surface area contributed by atoms with E-state index in [1.165, 1.54) is 0 Å². The first-order chi connectivity index (χ1) is 12.4. The van der Waals surface area contributed by atoms with E-state index >= 15 is 0 Å². The molecule has 4 heteroatoms. The minimum absolute atomic E-state index is 0.505. The molecule has 0 saturated carbocycles. The SMILES string of the molecule is C1=C/C(=C(/c2ccc(OCc3cccnc3)cc2)c2ccc[nH]2)N=C1. The summed E-state index contributed by atoms with van der Waals surface area (Å²) < 4.78 is 5.84. The molecule has 1 aliphatic rings. The molecule has 3 heterocycles. The number of ether oxygens (including phenoxy) is 1. The number of H-pyrrole nitrogens is 1. The lowest BCUT2D eigenvalue weighted by Crippen LogP contribution is -1.96. The van der Waals surface area contributed by atoms with Crippen LogP contribution in [0, 0.1) is 0 Å². The lowest BCUT2D eigenvalue weighted by atomic mass is 10.0. The predicted octanol–water partition coefficient (Wildman–Crippen LogP) is 4.39. The Balaban J connectivity index is 1.57. The molecule has 0 spiro atoms. The summed E-state index contributed by atoms with van der Waals surface area (Å²) in [6.45, 7) is 0.505. The first kappa shape index (κ1) is 15.1. The Morgan fingerprint density at radius 1 is 1.04 bits per heavy atom. The topological polar surface area (TPSA) is 50.3 Å². The Bertz CT molecular complexity index is 907. The molecule has 0 unspecified atom stereocenters. The maximum atomic E-state index is 5.84. The number of hydrogen-bond acceptors (Lipinski definition) is 3. The van der Waals surface area contributed by atoms with Crippen molar-refractivity contribution in [2.45, 2.75) is 6.61 Å². The second-order valence-corrected chi connectivity index (χ2v) is 5.66. The second kappa shape index (κ2) is 7.01. The number of nitrogens with one attached hydrogen (secondary N) is 1. The van der Waals surface area contributed by atoms with Crippen molar-refractivity contribution >= 4 is 11.8 Å². The van der Waals surface area contributed by atoms with E-state index in [1.54, 1.807) is 6.20 Å². The summed E-state index contributed by atoms with van der Waals surface area (Å²) in [5, 5.41) is 0. The maximum absolute atomic E-state index is 5.84. The van der Waals surface area contributed by atoms with Gasteiger partial charge in [-0.05, 0) is 48.0 Å². The van der Waals surface area contributed by atoms with E-state index in [9.17, 15) is 0 Å². The van der Waals surface area contributed by atoms with Gasteiger partial charge >= 0.3 is 0 Å². The van der Waals surface area contributed by atoms with Gasteiger partial charge in [0.25, 0.3) is 0 Å². The van der Waals surface area contributed by atoms with Gasteiger partial charge in [0.15, 0.2) is 0 Å². The van der Waals surface area contributed by atoms with Gasteiger partial charge in [-0.25, -0.2) is 0 Å². The monoisotopic (exact) mass is 327 g/mol. The number of aromatic nitrogens is 2. The third-order valence-electron chi connectivity index (χ3n) is 3.95. The van der Waals surface area contributed by atoms with Crippen molar-refractivity contribution in [1.29, 1.82) is 0 Å². The summed E-state index contributed by atoms with van der Waals surface area (Å²) in [7, 11) is 0. The molecule has 4 rings (SSSR count). The molecular formula is C21H17N3O. The predicted molar refractivity (Wildman–Crippen MR) is 99.5 cm³/mol. The number of nitrogens with zero attached hydrogens (tertiary/aromatic N) is 2. The highest BCUT2D eigenvalue weighted by molar-refractivity contribution is 5.88. The minimum atomic E-state index is 0.505. The fraction of sp³-hybridized carbons (Fsp3) is 0.0476. The Morgan fingerprint density at radius 3 is 2.64 bits per heavy atom. The van der Waals surface area contributed by atoms with Gasteiger partial charge in [0.1, 0.15) is 12.4 Å². The first-order valence-electron chi connectivity index (χ1n) is 8.11. The van der Waals surface area contributed by atoms with Crippen molar-refractivity contribution in [3.05, 3.63) is 102 Å². The van der Waals surface area contributed by atoms with Crippen molar-refractivity contribution in [3.8, 4) is 5.75 Å². The quantitative estimate of drug-likeness (QED) is 0.755. The van der Waals surface area contributed by atoms with Crippen LogP contribution in [0.3, 0.4) is 0 Å². The number of aliphatic imine (C=N–C) groups is 1. The molecule has 25 heavy (non-hydrogen) atoms. The van der Waals surface area contributed by atoms with Crippen LogP contribution < -0.4 is 4.74 Å². The van der Waals surface area contributed by atoms with Crippen LogP contribution in [0.4, 0.5) is 0 Å². The van der Waals surface area contributed by atoms with E-state index in [0.717, 1.165) is 33.8 Å². The molecule has 0 fully saturated rings. The molecule has 0 aliphatic carbocycles. The Morgan fingerprint density at radius 2 is 1.96 bits per heavy atom. The zero-order valence-corrected chi connectivity index (χ0v) is 13.6. The summed E-state index contributed by atoms with van der Waals surface area (Å²) in [6.07, 6.45) is 11.3. The molecule has 1 aliphatic heterocycles. The Hall–Kier alpha value is -3.40. The van der Waals surface area contributed by atoms with Gasteiger partial charge in [-0.3, -0.25) is 9.98 Å². The molecule has 4 nitrogen and oxygen atoms in total. The molecule has 3 aromatic rings. The van der Waals surface area contributed by atoms with Crippen LogP contribution in [-0.4, -0.2) is 16.2 Å². The van der Waals surface area contributed by atoms with Crippen LogP contribution in [0.1, 0.15) is 16.8 Å². The van der Waals surface area contributed by atoms with Crippen molar-refractivity contribution in [3.63, 3.8) is 0 Å². The molecule has 1 N–H and O–H groups in total. The van der Waals surface area contributed by atoms with Gasteiger partial charge in [0.2, 0.25) is 0 Å². The van der Waals surface area contributed by atoms with Gasteiger partial charge in [-0.15, -0.1) is 0 Å². The molecule has 122 valence electrons. The van der Waals surface area contributed by atoms with Crippen molar-refractivity contribution < 1.29 is 4.74 Å². The van der Waals surface area contributed by atoms with Crippen LogP contribution in [0.2, 0.25) is 0 Å². The molecule has 0 saturated heterocycles. The summed E-state index contributed by atoms with van der Waals surface area (Å²) >= 11 is 0. The lowest BCUT2D eigenvalue weighted by Gasteiger charge is -2.10. The van der Waals surface area contributed by atoms with E-state index in [0.29, 0.717) is 6.61 Å². The zero-order chi connectivity index (χ0) is 16.9. The average molecular weight is 327 g/mol. The highest BCUT2D eigenvalue weighted by Crippen LogP contribution is 2.29. The van der Waals surface area contributed by atoms with Crippen LogP contribution in [0.25, 0.3) is 5.57 Å². The highest BCUT2D eigenvalue weighted by Gasteiger charge is 2.12. The van der Waals surface area contributed by atoms with E-state index in [4.69, 9.17) is 4.74 Å². The van der Waals surface area contributed by atoms with E-state index in [1.807, 2.05) is 61.1 Å². The van der Waals surface area contributed by atoms with E-state index < -0.39 is 0 Å². The Kier molecular flexibility index (Phi) is 4.25. The normalized spacial score (nSPS) is 14.7. The summed E-state index contributed by atoms with van der Waals surface area (Å²) in [4.78, 5) is 11.8. The summed E-state index contributed by atoms with van der Waals surface area (Å²) in [5.41, 5.74) is 5.21. The molecule has 2 aromatic heterocycles. The van der Waals surface area contributed by atoms with Crippen LogP contribution in [0.5, 0.6) is 5.75 Å². The minimum Gasteiger partial charge on any atom is -0.489 e. The largest absolute Gasteiger partial charge is 0.489 e. The number of benzene rings is 1. The summed E-state index contributed by atoms with van der Waals surface area (Å²) in [6, 6.07) is 16.0. The second-order valence-electron chi connectivity index (χ2n) is 5.66. The maximum Gasteiger partial charge on any atom is 0.119 e. The molecule has 0 atom stereocenters. The van der Waals surface area contributed by atoms with Gasteiger partial charge in [-0.2, -0.15) is 0 Å². The van der Waals surface area contributed by atoms with Crippen LogP contribution >= 0.6 is 0 Å². The molecule has 1 aromatic carbocycles. The number of allylic oxidation sites excluding steroid dienone is 2. The van der Waals surface area contributed by atoms with E-state index in [2.05, 4.69) is 33.2 Å². The number of aromatic amines is 1. The molecular weight excluding hydrogens is 310 g/mol. The van der Waals surface area contributed by atoms with Crippen LogP contribution in [0.15, 0.2) is 90.0 Å². The average Bonchev–Trinajstić information content (AvgIpc) is 3.37. The lowest BCUT2D eigenvalue weighted by molar-refractivity contribution is 0.306. The molecule has 0 bridgehead atoms. The zero-order valence-electron chi connectivity index (χ0n) is 13.6. The Labute approximate surface area is 146 Å². The standard InChI is InChI=1S/C21H17N3O/c1-4-16(14-22-11-1)15-25-18-9-7-17(8-10-18)21(19-5-2-12-23-19)20-6-3-13-24-20/h1-14,23H,15H2/b21-20+. The smallest absolute Gasteiger partial charge is 0.119 e. The van der Waals surface area contributed by atoms with Crippen molar-refractivity contribution in [1.82, 2.24) is 9.97 Å².